The van der Waals surface area contributed by atoms with Crippen molar-refractivity contribution in [2.45, 2.75) is 25.5 Å². The van der Waals surface area contributed by atoms with E-state index in [1.165, 1.54) is 12.1 Å². The summed E-state index contributed by atoms with van der Waals surface area (Å²) in [6.07, 6.45) is 1.57. The molecule has 0 aliphatic carbocycles. The predicted octanol–water partition coefficient (Wildman–Crippen LogP) is 5.03. The minimum atomic E-state index is -0.772. The molecule has 0 bridgehead atoms. The Morgan fingerprint density at radius 1 is 0.971 bits per heavy atom. The van der Waals surface area contributed by atoms with Crippen LogP contribution in [-0.4, -0.2) is 29.8 Å². The fraction of sp³-hybridized carbons (Fsp3) is 0.222. The Kier molecular flexibility index (Phi) is 7.67. The van der Waals surface area contributed by atoms with Crippen LogP contribution in [-0.2, 0) is 13.0 Å². The first-order valence-corrected chi connectivity index (χ1v) is 11.1. The Labute approximate surface area is 197 Å². The number of nitrogens with zero attached hydrogens (tertiary/aromatic N) is 2. The second-order valence-corrected chi connectivity index (χ2v) is 8.09. The molecule has 7 heteroatoms. The number of halogens is 2. The average molecular weight is 464 g/mol. The number of hydrazine groups is 1. The molecule has 0 radical (unpaired) electrons. The van der Waals surface area contributed by atoms with Gasteiger partial charge in [0.15, 0.2) is 5.75 Å². The Bertz CT molecular complexity index is 1220. The molecule has 0 aliphatic rings. The van der Waals surface area contributed by atoms with Gasteiger partial charge >= 0.3 is 0 Å². The molecule has 2 N–H and O–H groups in total. The van der Waals surface area contributed by atoms with Gasteiger partial charge in [-0.15, -0.1) is 0 Å². The molecule has 0 saturated carbocycles. The number of anilines is 1. The molecule has 34 heavy (non-hydrogen) atoms. The van der Waals surface area contributed by atoms with E-state index in [0.717, 1.165) is 28.2 Å². The number of ether oxygens (including phenoxy) is 1. The zero-order chi connectivity index (χ0) is 23.9. The highest BCUT2D eigenvalue weighted by molar-refractivity contribution is 5.94. The third-order valence-corrected chi connectivity index (χ3v) is 5.60. The van der Waals surface area contributed by atoms with E-state index in [1.807, 2.05) is 59.6 Å². The van der Waals surface area contributed by atoms with E-state index in [9.17, 15) is 13.9 Å². The average Bonchev–Trinajstić information content (AvgIpc) is 2.84. The number of pyridine rings is 1. The molecule has 3 aromatic carbocycles. The Morgan fingerprint density at radius 2 is 1.68 bits per heavy atom. The van der Waals surface area contributed by atoms with E-state index in [1.54, 1.807) is 13.3 Å². The second kappa shape index (κ2) is 11.0. The number of rotatable bonds is 10. The van der Waals surface area contributed by atoms with Crippen molar-refractivity contribution in [3.05, 3.63) is 102 Å². The zero-order valence-corrected chi connectivity index (χ0v) is 18.9. The maximum atomic E-state index is 13.5. The van der Waals surface area contributed by atoms with Gasteiger partial charge in [0.1, 0.15) is 17.3 Å². The number of nitrogens with one attached hydrogen (secondary N) is 1. The smallest absolute Gasteiger partial charge is 0.162 e. The molecular weight excluding hydrogens is 436 g/mol. The molecule has 176 valence electrons. The van der Waals surface area contributed by atoms with Crippen molar-refractivity contribution in [2.24, 2.45) is 0 Å². The second-order valence-electron chi connectivity index (χ2n) is 8.09. The first-order valence-electron chi connectivity index (χ1n) is 11.1. The number of benzene rings is 3. The SMILES string of the molecule is COc1cnc2ccccc2c1N(CC(O)CCc1cc(F)cc(F)c1)NCc1ccccc1. The number of para-hydroxylation sites is 1. The third-order valence-electron chi connectivity index (χ3n) is 5.60. The van der Waals surface area contributed by atoms with Crippen molar-refractivity contribution in [3.63, 3.8) is 0 Å². The molecule has 0 saturated heterocycles. The van der Waals surface area contributed by atoms with Crippen LogP contribution < -0.4 is 15.2 Å². The van der Waals surface area contributed by atoms with Crippen molar-refractivity contribution in [2.75, 3.05) is 18.7 Å². The molecule has 5 nitrogen and oxygen atoms in total. The highest BCUT2D eigenvalue weighted by Gasteiger charge is 2.20. The quantitative estimate of drug-likeness (QED) is 0.323. The molecule has 0 spiro atoms. The summed E-state index contributed by atoms with van der Waals surface area (Å²) in [5.41, 5.74) is 6.56. The van der Waals surface area contributed by atoms with Crippen molar-refractivity contribution < 1.29 is 18.6 Å². The fourth-order valence-electron chi connectivity index (χ4n) is 3.94. The fourth-order valence-corrected chi connectivity index (χ4v) is 3.94. The van der Waals surface area contributed by atoms with Crippen molar-refractivity contribution in [1.29, 1.82) is 0 Å². The highest BCUT2D eigenvalue weighted by atomic mass is 19.1. The van der Waals surface area contributed by atoms with Crippen molar-refractivity contribution >= 4 is 16.6 Å². The Balaban J connectivity index is 1.59. The maximum absolute atomic E-state index is 13.5. The van der Waals surface area contributed by atoms with E-state index in [2.05, 4.69) is 10.4 Å². The number of hydrogen-bond acceptors (Lipinski definition) is 5. The van der Waals surface area contributed by atoms with Crippen molar-refractivity contribution in [3.8, 4) is 5.75 Å². The monoisotopic (exact) mass is 463 g/mol. The zero-order valence-electron chi connectivity index (χ0n) is 18.9. The van der Waals surface area contributed by atoms with E-state index in [0.29, 0.717) is 30.7 Å². The molecule has 1 unspecified atom stereocenters. The van der Waals surface area contributed by atoms with Crippen molar-refractivity contribution in [1.82, 2.24) is 10.4 Å². The van der Waals surface area contributed by atoms with Gasteiger partial charge in [-0.1, -0.05) is 48.5 Å². The van der Waals surface area contributed by atoms with Crippen LogP contribution in [0.1, 0.15) is 17.5 Å². The summed E-state index contributed by atoms with van der Waals surface area (Å²) < 4.78 is 32.7. The lowest BCUT2D eigenvalue weighted by Gasteiger charge is -2.30. The summed E-state index contributed by atoms with van der Waals surface area (Å²) in [6, 6.07) is 21.1. The van der Waals surface area contributed by atoms with Gasteiger partial charge in [-0.3, -0.25) is 4.98 Å². The molecule has 4 rings (SSSR count). The molecule has 1 atom stereocenters. The molecule has 0 aliphatic heterocycles. The van der Waals surface area contributed by atoms with Gasteiger partial charge in [-0.25, -0.2) is 14.2 Å². The Morgan fingerprint density at radius 3 is 2.41 bits per heavy atom. The summed E-state index contributed by atoms with van der Waals surface area (Å²) in [5, 5.41) is 13.6. The van der Waals surface area contributed by atoms with Gasteiger partial charge in [0.05, 0.1) is 31.5 Å². The molecule has 0 amide bonds. The van der Waals surface area contributed by atoms with E-state index < -0.39 is 17.7 Å². The minimum absolute atomic E-state index is 0.231. The van der Waals surface area contributed by atoms with Gasteiger partial charge in [-0.2, -0.15) is 0 Å². The lowest BCUT2D eigenvalue weighted by Crippen LogP contribution is -2.43. The standard InChI is InChI=1S/C27H27F2N3O2/c1-34-26-17-30-25-10-6-5-9-24(25)27(26)32(31-16-19-7-3-2-4-8-19)18-23(33)12-11-20-13-21(28)15-22(29)14-20/h2-10,13-15,17,23,31,33H,11-12,16,18H2,1H3. The maximum Gasteiger partial charge on any atom is 0.162 e. The van der Waals surface area contributed by atoms with Crippen LogP contribution in [0.4, 0.5) is 14.5 Å². The van der Waals surface area contributed by atoms with Crippen LogP contribution in [0.25, 0.3) is 10.9 Å². The summed E-state index contributed by atoms with van der Waals surface area (Å²) >= 11 is 0. The van der Waals surface area contributed by atoms with E-state index >= 15 is 0 Å². The third kappa shape index (κ3) is 5.87. The number of aliphatic hydroxyl groups is 1. The van der Waals surface area contributed by atoms with Crippen LogP contribution in [0, 0.1) is 11.6 Å². The van der Waals surface area contributed by atoms with Gasteiger partial charge in [-0.05, 0) is 42.2 Å². The first-order chi connectivity index (χ1) is 16.5. The number of methoxy groups -OCH3 is 1. The topological polar surface area (TPSA) is 57.6 Å². The van der Waals surface area contributed by atoms with Crippen LogP contribution in [0.2, 0.25) is 0 Å². The van der Waals surface area contributed by atoms with Gasteiger partial charge in [0, 0.05) is 18.0 Å². The van der Waals surface area contributed by atoms with Crippen LogP contribution >= 0.6 is 0 Å². The number of fused-ring (bicyclic) bond motifs is 1. The largest absolute Gasteiger partial charge is 0.493 e. The lowest BCUT2D eigenvalue weighted by atomic mass is 10.1. The molecule has 1 aromatic heterocycles. The molecule has 0 fully saturated rings. The van der Waals surface area contributed by atoms with E-state index in [4.69, 9.17) is 4.74 Å². The summed E-state index contributed by atoms with van der Waals surface area (Å²) in [6.45, 7) is 0.761. The highest BCUT2D eigenvalue weighted by Crippen LogP contribution is 2.34. The molecular formula is C27H27F2N3O2. The van der Waals surface area contributed by atoms with Crippen LogP contribution in [0.5, 0.6) is 5.75 Å². The van der Waals surface area contributed by atoms with Crippen LogP contribution in [0.15, 0.2) is 79.0 Å². The Hall–Kier alpha value is -3.55. The van der Waals surface area contributed by atoms with Gasteiger partial charge < -0.3 is 14.9 Å². The summed E-state index contributed by atoms with van der Waals surface area (Å²) in [5.74, 6) is -0.675. The number of aryl methyl sites for hydroxylation is 1. The number of hydrogen-bond donors (Lipinski definition) is 2. The normalized spacial score (nSPS) is 12.0. The first kappa shape index (κ1) is 23.6. The van der Waals surface area contributed by atoms with Gasteiger partial charge in [0.2, 0.25) is 0 Å². The van der Waals surface area contributed by atoms with Crippen LogP contribution in [0.3, 0.4) is 0 Å². The predicted molar refractivity (Wildman–Crippen MR) is 130 cm³/mol. The summed E-state index contributed by atoms with van der Waals surface area (Å²) in [4.78, 5) is 4.47. The molecule has 1 heterocycles. The van der Waals surface area contributed by atoms with E-state index in [-0.39, 0.29) is 6.54 Å². The summed E-state index contributed by atoms with van der Waals surface area (Å²) in [7, 11) is 1.58. The number of aliphatic hydroxyl groups excluding tert-OH is 1. The number of aromatic nitrogens is 1. The van der Waals surface area contributed by atoms with Gasteiger partial charge in [0.25, 0.3) is 0 Å². The molecule has 4 aromatic rings. The minimum Gasteiger partial charge on any atom is -0.493 e. The lowest BCUT2D eigenvalue weighted by molar-refractivity contribution is 0.166.